The number of hydrogen-bond donors (Lipinski definition) is 1. The van der Waals surface area contributed by atoms with Gasteiger partial charge in [0.2, 0.25) is 5.76 Å². The fourth-order valence-electron chi connectivity index (χ4n) is 1.12. The molecule has 0 aliphatic carbocycles. The van der Waals surface area contributed by atoms with Crippen LogP contribution in [0, 0.1) is 5.82 Å². The first kappa shape index (κ1) is 12.1. The van der Waals surface area contributed by atoms with E-state index in [1.54, 1.807) is 6.07 Å². The summed E-state index contributed by atoms with van der Waals surface area (Å²) in [6.45, 7) is 0. The van der Waals surface area contributed by atoms with Gasteiger partial charge in [0.05, 0.1) is 10.7 Å². The number of nitrogens with two attached hydrogens (primary N) is 1. The van der Waals surface area contributed by atoms with Crippen LogP contribution < -0.4 is 5.73 Å². The molecule has 0 radical (unpaired) electrons. The van der Waals surface area contributed by atoms with E-state index in [9.17, 15) is 4.39 Å². The summed E-state index contributed by atoms with van der Waals surface area (Å²) < 4.78 is 18.3. The molecule has 0 bridgehead atoms. The minimum absolute atomic E-state index is 0.0159. The minimum atomic E-state index is -0.508. The molecular formula is C10H6BrClFN3O. The molecule has 2 rings (SSSR count). The fourth-order valence-corrected chi connectivity index (χ4v) is 1.58. The summed E-state index contributed by atoms with van der Waals surface area (Å²) in [6.07, 6.45) is 0. The molecule has 0 saturated heterocycles. The zero-order chi connectivity index (χ0) is 12.4. The largest absolute Gasteiger partial charge is 0.380 e. The third-order valence-electron chi connectivity index (χ3n) is 1.89. The predicted molar refractivity (Wildman–Crippen MR) is 66.0 cm³/mol. The van der Waals surface area contributed by atoms with Gasteiger partial charge in [-0.1, -0.05) is 16.8 Å². The molecule has 0 unspecified atom stereocenters. The smallest absolute Gasteiger partial charge is 0.202 e. The summed E-state index contributed by atoms with van der Waals surface area (Å²) in [4.78, 5) is 4.03. The number of aliphatic imine (C=N–C) groups is 1. The molecule has 0 atom stereocenters. The Morgan fingerprint density at radius 2 is 2.24 bits per heavy atom. The average molecular weight is 319 g/mol. The van der Waals surface area contributed by atoms with Crippen LogP contribution >= 0.6 is 27.5 Å². The van der Waals surface area contributed by atoms with Crippen molar-refractivity contribution in [2.24, 2.45) is 10.7 Å². The Morgan fingerprint density at radius 3 is 2.82 bits per heavy atom. The Bertz CT molecular complexity index is 585. The van der Waals surface area contributed by atoms with Crippen LogP contribution in [0.4, 0.5) is 10.1 Å². The number of amidine groups is 1. The van der Waals surface area contributed by atoms with Crippen molar-refractivity contribution in [1.29, 1.82) is 0 Å². The van der Waals surface area contributed by atoms with Gasteiger partial charge in [0.1, 0.15) is 10.4 Å². The van der Waals surface area contributed by atoms with Crippen LogP contribution in [0.15, 0.2) is 38.4 Å². The van der Waals surface area contributed by atoms with E-state index in [0.717, 1.165) is 0 Å². The predicted octanol–water partition coefficient (Wildman–Crippen LogP) is 3.27. The van der Waals surface area contributed by atoms with E-state index in [0.29, 0.717) is 16.1 Å². The Kier molecular flexibility index (Phi) is 3.44. The van der Waals surface area contributed by atoms with E-state index < -0.39 is 5.82 Å². The van der Waals surface area contributed by atoms with Crippen LogP contribution in [0.3, 0.4) is 0 Å². The van der Waals surface area contributed by atoms with E-state index in [1.165, 1.54) is 18.2 Å². The Labute approximate surface area is 109 Å². The lowest BCUT2D eigenvalue weighted by Crippen LogP contribution is -2.11. The summed E-state index contributed by atoms with van der Waals surface area (Å²) in [7, 11) is 0. The summed E-state index contributed by atoms with van der Waals surface area (Å²) >= 11 is 8.74. The number of aromatic nitrogens is 1. The first-order valence-corrected chi connectivity index (χ1v) is 5.65. The first-order chi connectivity index (χ1) is 8.06. The van der Waals surface area contributed by atoms with Crippen molar-refractivity contribution in [1.82, 2.24) is 5.16 Å². The van der Waals surface area contributed by atoms with Crippen molar-refractivity contribution in [2.75, 3.05) is 0 Å². The van der Waals surface area contributed by atoms with Gasteiger partial charge in [0, 0.05) is 6.07 Å². The molecule has 2 aromatic rings. The zero-order valence-corrected chi connectivity index (χ0v) is 10.7. The molecule has 4 nitrogen and oxygen atoms in total. The van der Waals surface area contributed by atoms with Crippen LogP contribution in [0.25, 0.3) is 0 Å². The van der Waals surface area contributed by atoms with Crippen molar-refractivity contribution >= 4 is 39.1 Å². The molecule has 0 saturated carbocycles. The summed E-state index contributed by atoms with van der Waals surface area (Å²) in [5.74, 6) is -0.0604. The Morgan fingerprint density at radius 1 is 1.47 bits per heavy atom. The highest BCUT2D eigenvalue weighted by atomic mass is 79.9. The second-order valence-electron chi connectivity index (χ2n) is 3.11. The highest BCUT2D eigenvalue weighted by Gasteiger charge is 2.07. The monoisotopic (exact) mass is 317 g/mol. The normalized spacial score (nSPS) is 11.8. The Hall–Kier alpha value is -1.40. The second-order valence-corrected chi connectivity index (χ2v) is 4.33. The highest BCUT2D eigenvalue weighted by molar-refractivity contribution is 9.10. The topological polar surface area (TPSA) is 64.4 Å². The zero-order valence-electron chi connectivity index (χ0n) is 8.32. The maximum Gasteiger partial charge on any atom is 0.202 e. The molecule has 0 aliphatic rings. The number of halogens is 3. The lowest BCUT2D eigenvalue weighted by Gasteiger charge is -1.98. The molecule has 88 valence electrons. The van der Waals surface area contributed by atoms with Gasteiger partial charge in [-0.3, -0.25) is 0 Å². The van der Waals surface area contributed by atoms with Gasteiger partial charge < -0.3 is 10.3 Å². The van der Waals surface area contributed by atoms with Gasteiger partial charge in [0.15, 0.2) is 5.84 Å². The first-order valence-electron chi connectivity index (χ1n) is 4.48. The van der Waals surface area contributed by atoms with Crippen LogP contribution in [0.1, 0.15) is 5.76 Å². The summed E-state index contributed by atoms with van der Waals surface area (Å²) in [6, 6.07) is 5.61. The molecule has 1 aromatic carbocycles. The van der Waals surface area contributed by atoms with Crippen molar-refractivity contribution in [2.45, 2.75) is 0 Å². The van der Waals surface area contributed by atoms with Gasteiger partial charge in [-0.05, 0) is 34.1 Å². The van der Waals surface area contributed by atoms with E-state index in [1.807, 2.05) is 0 Å². The van der Waals surface area contributed by atoms with Gasteiger partial charge in [0.25, 0.3) is 0 Å². The molecule has 0 aliphatic heterocycles. The van der Waals surface area contributed by atoms with Crippen LogP contribution in [-0.2, 0) is 0 Å². The highest BCUT2D eigenvalue weighted by Crippen LogP contribution is 2.22. The van der Waals surface area contributed by atoms with Crippen LogP contribution in [0.2, 0.25) is 5.02 Å². The van der Waals surface area contributed by atoms with Gasteiger partial charge in [-0.25, -0.2) is 9.38 Å². The minimum Gasteiger partial charge on any atom is -0.380 e. The van der Waals surface area contributed by atoms with E-state index >= 15 is 0 Å². The number of benzene rings is 1. The molecule has 1 heterocycles. The molecule has 0 fully saturated rings. The average Bonchev–Trinajstić information content (AvgIpc) is 2.70. The quantitative estimate of drug-likeness (QED) is 0.683. The van der Waals surface area contributed by atoms with Gasteiger partial charge in [-0.15, -0.1) is 0 Å². The molecule has 0 amide bonds. The third kappa shape index (κ3) is 2.83. The summed E-state index contributed by atoms with van der Waals surface area (Å²) in [5, 5.41) is 3.59. The van der Waals surface area contributed by atoms with E-state index in [2.05, 4.69) is 26.1 Å². The van der Waals surface area contributed by atoms with Crippen LogP contribution in [-0.4, -0.2) is 11.0 Å². The van der Waals surface area contributed by atoms with Gasteiger partial charge >= 0.3 is 0 Å². The van der Waals surface area contributed by atoms with E-state index in [-0.39, 0.29) is 10.9 Å². The number of nitrogens with zero attached hydrogens (tertiary/aromatic N) is 2. The molecule has 17 heavy (non-hydrogen) atoms. The molecule has 0 spiro atoms. The molecule has 7 heteroatoms. The molecule has 2 N–H and O–H groups in total. The van der Waals surface area contributed by atoms with Crippen molar-refractivity contribution in [3.8, 4) is 0 Å². The number of hydrogen-bond acceptors (Lipinski definition) is 3. The van der Waals surface area contributed by atoms with Crippen LogP contribution in [0.5, 0.6) is 0 Å². The lowest BCUT2D eigenvalue weighted by atomic mass is 10.3. The second kappa shape index (κ2) is 4.85. The SMILES string of the molecule is NC(=Nc1ccc(F)c(Cl)c1)c1cc(Br)no1. The summed E-state index contributed by atoms with van der Waals surface area (Å²) in [5.41, 5.74) is 6.12. The fraction of sp³-hybridized carbons (Fsp3) is 0. The lowest BCUT2D eigenvalue weighted by molar-refractivity contribution is 0.409. The maximum atomic E-state index is 12.9. The van der Waals surface area contributed by atoms with Crippen molar-refractivity contribution < 1.29 is 8.91 Å². The van der Waals surface area contributed by atoms with E-state index in [4.69, 9.17) is 21.9 Å². The molecular weight excluding hydrogens is 312 g/mol. The standard InChI is InChI=1S/C10H6BrClFN3O/c11-9-4-8(17-16-9)10(14)15-5-1-2-7(13)6(12)3-5/h1-4H,(H2,14,15). The molecule has 1 aromatic heterocycles. The van der Waals surface area contributed by atoms with Crippen molar-refractivity contribution in [3.05, 3.63) is 45.5 Å². The Balaban J connectivity index is 2.32. The maximum absolute atomic E-state index is 12.9. The van der Waals surface area contributed by atoms with Crippen molar-refractivity contribution in [3.63, 3.8) is 0 Å². The number of rotatable bonds is 2. The van der Waals surface area contributed by atoms with Gasteiger partial charge in [-0.2, -0.15) is 0 Å². The third-order valence-corrected chi connectivity index (χ3v) is 2.55.